The lowest BCUT2D eigenvalue weighted by molar-refractivity contribution is -0.122. The van der Waals surface area contributed by atoms with Crippen LogP contribution in [0.1, 0.15) is 19.4 Å². The third kappa shape index (κ3) is 3.58. The van der Waals surface area contributed by atoms with Crippen LogP contribution in [0, 0.1) is 6.92 Å². The molecule has 0 unspecified atom stereocenters. The maximum absolute atomic E-state index is 12.4. The van der Waals surface area contributed by atoms with Crippen LogP contribution in [0.4, 0.5) is 5.69 Å². The molecule has 0 bridgehead atoms. The van der Waals surface area contributed by atoms with Crippen molar-refractivity contribution < 1.29 is 9.53 Å². The Morgan fingerprint density at radius 2 is 2.04 bits per heavy atom. The Morgan fingerprint density at radius 3 is 2.76 bits per heavy atom. The molecule has 0 aliphatic heterocycles. The minimum atomic E-state index is -0.629. The zero-order valence-electron chi connectivity index (χ0n) is 14.4. The van der Waals surface area contributed by atoms with Gasteiger partial charge in [-0.25, -0.2) is 0 Å². The first kappa shape index (κ1) is 17.2. The molecule has 1 heterocycles. The highest BCUT2D eigenvalue weighted by atomic mass is 32.1. The van der Waals surface area contributed by atoms with E-state index < -0.39 is 6.10 Å². The smallest absolute Gasteiger partial charge is 0.308 e. The number of aryl methyl sites for hydroxylation is 2. The van der Waals surface area contributed by atoms with E-state index >= 15 is 0 Å². The summed E-state index contributed by atoms with van der Waals surface area (Å²) in [6, 6.07) is 13.1. The van der Waals surface area contributed by atoms with Gasteiger partial charge < -0.3 is 10.1 Å². The lowest BCUT2D eigenvalue weighted by Gasteiger charge is -2.16. The number of aromatic nitrogens is 1. The Kier molecular flexibility index (Phi) is 4.90. The average Bonchev–Trinajstić information content (AvgIpc) is 2.91. The van der Waals surface area contributed by atoms with E-state index in [4.69, 9.17) is 4.74 Å². The number of nitrogens with one attached hydrogen (secondary N) is 1. The van der Waals surface area contributed by atoms with Crippen LogP contribution in [0.25, 0.3) is 10.2 Å². The molecule has 1 N–H and O–H groups in total. The fourth-order valence-electron chi connectivity index (χ4n) is 2.62. The van der Waals surface area contributed by atoms with Crippen LogP contribution in [0.2, 0.25) is 0 Å². The number of nitrogens with zero attached hydrogens (tertiary/aromatic N) is 1. The average molecular weight is 356 g/mol. The van der Waals surface area contributed by atoms with E-state index in [2.05, 4.69) is 5.32 Å². The number of hydrogen-bond acceptors (Lipinski definition) is 4. The quantitative estimate of drug-likeness (QED) is 0.756. The number of benzene rings is 2. The molecule has 1 atom stereocenters. The molecule has 5 nitrogen and oxygen atoms in total. The number of hydrogen-bond donors (Lipinski definition) is 1. The number of para-hydroxylation sites is 1. The fraction of sp³-hybridized carbons (Fsp3) is 0.263. The van der Waals surface area contributed by atoms with E-state index in [0.717, 1.165) is 15.8 Å². The molecule has 0 spiro atoms. The molecule has 6 heteroatoms. The molecule has 25 heavy (non-hydrogen) atoms. The number of amides is 1. The number of ether oxygens (including phenoxy) is 1. The predicted molar refractivity (Wildman–Crippen MR) is 102 cm³/mol. The van der Waals surface area contributed by atoms with Gasteiger partial charge in [-0.05, 0) is 50.6 Å². The molecule has 3 rings (SSSR count). The minimum Gasteiger partial charge on any atom is -0.481 e. The normalized spacial score (nSPS) is 12.1. The summed E-state index contributed by atoms with van der Waals surface area (Å²) in [5.74, 6) is 0.462. The van der Waals surface area contributed by atoms with Crippen molar-refractivity contribution >= 4 is 33.1 Å². The van der Waals surface area contributed by atoms with Gasteiger partial charge in [-0.1, -0.05) is 29.5 Å². The molecule has 0 radical (unpaired) electrons. The largest absolute Gasteiger partial charge is 0.481 e. The van der Waals surface area contributed by atoms with E-state index in [0.29, 0.717) is 18.0 Å². The summed E-state index contributed by atoms with van der Waals surface area (Å²) in [4.78, 5) is 24.3. The first-order valence-corrected chi connectivity index (χ1v) is 8.97. The van der Waals surface area contributed by atoms with Gasteiger partial charge >= 0.3 is 4.87 Å². The Labute approximate surface area is 149 Å². The molecule has 2 aromatic carbocycles. The number of thiazole rings is 1. The molecule has 0 saturated heterocycles. The van der Waals surface area contributed by atoms with Crippen molar-refractivity contribution in [1.29, 1.82) is 0 Å². The molecule has 1 amide bonds. The van der Waals surface area contributed by atoms with Crippen LogP contribution < -0.4 is 14.9 Å². The van der Waals surface area contributed by atoms with Gasteiger partial charge in [0.2, 0.25) is 0 Å². The second-order valence-corrected chi connectivity index (χ2v) is 6.80. The maximum Gasteiger partial charge on any atom is 0.308 e. The minimum absolute atomic E-state index is 0.0113. The number of rotatable bonds is 5. The SMILES string of the molecule is CCn1c(=O)sc2cc(NC(=O)[C@@H](C)Oc3ccccc3C)ccc21. The van der Waals surface area contributed by atoms with E-state index in [1.807, 2.05) is 50.2 Å². The Balaban J connectivity index is 1.75. The summed E-state index contributed by atoms with van der Waals surface area (Å²) < 4.78 is 8.32. The van der Waals surface area contributed by atoms with E-state index in [1.54, 1.807) is 17.6 Å². The third-order valence-corrected chi connectivity index (χ3v) is 4.96. The number of fused-ring (bicyclic) bond motifs is 1. The van der Waals surface area contributed by atoms with Crippen LogP contribution in [-0.2, 0) is 11.3 Å². The summed E-state index contributed by atoms with van der Waals surface area (Å²) in [7, 11) is 0. The number of carbonyl (C=O) groups is 1. The summed E-state index contributed by atoms with van der Waals surface area (Å²) in [6.07, 6.45) is -0.629. The molecule has 0 fully saturated rings. The van der Waals surface area contributed by atoms with E-state index in [-0.39, 0.29) is 10.8 Å². The highest BCUT2D eigenvalue weighted by Gasteiger charge is 2.16. The summed E-state index contributed by atoms with van der Waals surface area (Å²) in [5.41, 5.74) is 2.52. The number of anilines is 1. The van der Waals surface area contributed by atoms with Gasteiger partial charge in [0.1, 0.15) is 5.75 Å². The van der Waals surface area contributed by atoms with Crippen molar-refractivity contribution in [3.63, 3.8) is 0 Å². The van der Waals surface area contributed by atoms with Crippen molar-refractivity contribution in [2.24, 2.45) is 0 Å². The topological polar surface area (TPSA) is 60.3 Å². The molecular weight excluding hydrogens is 336 g/mol. The zero-order chi connectivity index (χ0) is 18.0. The van der Waals surface area contributed by atoms with Gasteiger partial charge in [-0.2, -0.15) is 0 Å². The Bertz CT molecular complexity index is 974. The van der Waals surface area contributed by atoms with Crippen molar-refractivity contribution in [3.8, 4) is 5.75 Å². The van der Waals surface area contributed by atoms with Crippen LogP contribution in [0.15, 0.2) is 47.3 Å². The molecule has 1 aromatic heterocycles. The highest BCUT2D eigenvalue weighted by Crippen LogP contribution is 2.23. The van der Waals surface area contributed by atoms with Crippen LogP contribution in [-0.4, -0.2) is 16.6 Å². The molecule has 0 aliphatic rings. The van der Waals surface area contributed by atoms with Gasteiger partial charge in [-0.3, -0.25) is 14.2 Å². The molecule has 130 valence electrons. The second-order valence-electron chi connectivity index (χ2n) is 5.81. The number of carbonyl (C=O) groups excluding carboxylic acids is 1. The van der Waals surface area contributed by atoms with Crippen LogP contribution in [0.5, 0.6) is 5.75 Å². The first-order chi connectivity index (χ1) is 12.0. The molecule has 3 aromatic rings. The van der Waals surface area contributed by atoms with Crippen molar-refractivity contribution in [1.82, 2.24) is 4.57 Å². The molecule has 0 aliphatic carbocycles. The van der Waals surface area contributed by atoms with Gasteiger partial charge in [0, 0.05) is 12.2 Å². The van der Waals surface area contributed by atoms with Gasteiger partial charge in [0.05, 0.1) is 10.2 Å². The first-order valence-electron chi connectivity index (χ1n) is 8.16. The van der Waals surface area contributed by atoms with E-state index in [9.17, 15) is 9.59 Å². The summed E-state index contributed by atoms with van der Waals surface area (Å²) in [5, 5.41) is 2.85. The lowest BCUT2D eigenvalue weighted by atomic mass is 10.2. The van der Waals surface area contributed by atoms with E-state index in [1.165, 1.54) is 11.3 Å². The van der Waals surface area contributed by atoms with Crippen molar-refractivity contribution in [2.75, 3.05) is 5.32 Å². The predicted octanol–water partition coefficient (Wildman–Crippen LogP) is 3.80. The molecule has 0 saturated carbocycles. The molecular formula is C19H20N2O3S. The lowest BCUT2D eigenvalue weighted by Crippen LogP contribution is -2.30. The third-order valence-electron chi connectivity index (χ3n) is 4.02. The summed E-state index contributed by atoms with van der Waals surface area (Å²) >= 11 is 1.18. The monoisotopic (exact) mass is 356 g/mol. The maximum atomic E-state index is 12.4. The van der Waals surface area contributed by atoms with Crippen LogP contribution >= 0.6 is 11.3 Å². The Hall–Kier alpha value is -2.60. The van der Waals surface area contributed by atoms with Gasteiger partial charge in [0.15, 0.2) is 6.10 Å². The highest BCUT2D eigenvalue weighted by molar-refractivity contribution is 7.16. The zero-order valence-corrected chi connectivity index (χ0v) is 15.2. The second kappa shape index (κ2) is 7.11. The van der Waals surface area contributed by atoms with Gasteiger partial charge in [-0.15, -0.1) is 0 Å². The fourth-order valence-corrected chi connectivity index (χ4v) is 3.61. The Morgan fingerprint density at radius 1 is 1.28 bits per heavy atom. The van der Waals surface area contributed by atoms with Crippen LogP contribution in [0.3, 0.4) is 0 Å². The van der Waals surface area contributed by atoms with Crippen molar-refractivity contribution in [2.45, 2.75) is 33.4 Å². The summed E-state index contributed by atoms with van der Waals surface area (Å²) in [6.45, 7) is 6.22. The van der Waals surface area contributed by atoms with Crippen molar-refractivity contribution in [3.05, 3.63) is 57.7 Å². The standard InChI is InChI=1S/C19H20N2O3S/c1-4-21-15-10-9-14(11-17(15)25-19(21)23)20-18(22)13(3)24-16-8-6-5-7-12(16)2/h5-11,13H,4H2,1-3H3,(H,20,22)/t13-/m1/s1. The van der Waals surface area contributed by atoms with Gasteiger partial charge in [0.25, 0.3) is 5.91 Å².